The lowest BCUT2D eigenvalue weighted by molar-refractivity contribution is -0.119. The molecule has 8 nitrogen and oxygen atoms in total. The van der Waals surface area contributed by atoms with Gasteiger partial charge in [0.15, 0.2) is 0 Å². The average molecular weight is 475 g/mol. The van der Waals surface area contributed by atoms with Crippen LogP contribution in [-0.2, 0) is 9.59 Å². The molecular formula is C27H30N4O4. The van der Waals surface area contributed by atoms with Gasteiger partial charge in [0.2, 0.25) is 11.8 Å². The zero-order valence-electron chi connectivity index (χ0n) is 20.1. The Morgan fingerprint density at radius 3 is 2.14 bits per heavy atom. The third kappa shape index (κ3) is 7.68. The van der Waals surface area contributed by atoms with Crippen molar-refractivity contribution in [2.24, 2.45) is 0 Å². The third-order valence-electron chi connectivity index (χ3n) is 5.28. The molecule has 0 aliphatic rings. The Bertz CT molecular complexity index is 1180. The molecule has 3 amide bonds. The van der Waals surface area contributed by atoms with Crippen molar-refractivity contribution in [2.75, 3.05) is 42.7 Å². The van der Waals surface area contributed by atoms with Crippen molar-refractivity contribution in [1.29, 1.82) is 0 Å². The number of benzene rings is 3. The van der Waals surface area contributed by atoms with Gasteiger partial charge in [0, 0.05) is 11.4 Å². The number of carbonyl (C=O) groups is 3. The number of aryl methyl sites for hydroxylation is 1. The molecule has 8 heteroatoms. The molecule has 0 aliphatic heterocycles. The van der Waals surface area contributed by atoms with Gasteiger partial charge in [0.05, 0.1) is 31.5 Å². The molecule has 0 saturated heterocycles. The summed E-state index contributed by atoms with van der Waals surface area (Å²) < 4.78 is 5.12. The van der Waals surface area contributed by atoms with Gasteiger partial charge in [-0.15, -0.1) is 0 Å². The summed E-state index contributed by atoms with van der Waals surface area (Å²) in [5.41, 5.74) is 3.10. The lowest BCUT2D eigenvalue weighted by Gasteiger charge is -2.20. The number of ether oxygens (including phenoxy) is 1. The number of nitrogens with one attached hydrogen (secondary N) is 3. The maximum absolute atomic E-state index is 12.8. The van der Waals surface area contributed by atoms with Crippen molar-refractivity contribution < 1.29 is 19.1 Å². The number of likely N-dealkylation sites (N-methyl/N-ethyl adjacent to an activating group) is 1. The van der Waals surface area contributed by atoms with Crippen LogP contribution in [0.3, 0.4) is 0 Å². The Morgan fingerprint density at radius 2 is 1.49 bits per heavy atom. The molecule has 0 heterocycles. The van der Waals surface area contributed by atoms with E-state index in [1.165, 1.54) is 0 Å². The SMILES string of the molecule is CCN(CC(=O)Nc1ccc(OC)cc1)CC(=O)Nc1ccccc1C(=O)Nc1cccc(C)c1. The van der Waals surface area contributed by atoms with Crippen LogP contribution in [0, 0.1) is 6.92 Å². The first-order valence-electron chi connectivity index (χ1n) is 11.3. The summed E-state index contributed by atoms with van der Waals surface area (Å²) >= 11 is 0. The van der Waals surface area contributed by atoms with E-state index >= 15 is 0 Å². The predicted molar refractivity (Wildman–Crippen MR) is 138 cm³/mol. The van der Waals surface area contributed by atoms with Crippen LogP contribution in [0.2, 0.25) is 0 Å². The minimum Gasteiger partial charge on any atom is -0.497 e. The maximum Gasteiger partial charge on any atom is 0.257 e. The van der Waals surface area contributed by atoms with Crippen LogP contribution in [0.25, 0.3) is 0 Å². The normalized spacial score (nSPS) is 10.5. The fourth-order valence-corrected chi connectivity index (χ4v) is 3.46. The van der Waals surface area contributed by atoms with Crippen LogP contribution in [0.5, 0.6) is 5.75 Å². The van der Waals surface area contributed by atoms with E-state index < -0.39 is 0 Å². The molecular weight excluding hydrogens is 444 g/mol. The highest BCUT2D eigenvalue weighted by atomic mass is 16.5. The van der Waals surface area contributed by atoms with E-state index in [4.69, 9.17) is 4.74 Å². The summed E-state index contributed by atoms with van der Waals surface area (Å²) in [6, 6.07) is 21.3. The van der Waals surface area contributed by atoms with Gasteiger partial charge in [0.25, 0.3) is 5.91 Å². The maximum atomic E-state index is 12.8. The zero-order chi connectivity index (χ0) is 25.2. The van der Waals surface area contributed by atoms with Gasteiger partial charge in [-0.1, -0.05) is 31.2 Å². The number of rotatable bonds is 10. The molecule has 0 aromatic heterocycles. The van der Waals surface area contributed by atoms with Crippen molar-refractivity contribution in [2.45, 2.75) is 13.8 Å². The second-order valence-corrected chi connectivity index (χ2v) is 8.00. The van der Waals surface area contributed by atoms with Gasteiger partial charge in [0.1, 0.15) is 5.75 Å². The third-order valence-corrected chi connectivity index (χ3v) is 5.28. The highest BCUT2D eigenvalue weighted by Crippen LogP contribution is 2.18. The van der Waals surface area contributed by atoms with Crippen molar-refractivity contribution in [3.8, 4) is 5.75 Å². The molecule has 3 rings (SSSR count). The Morgan fingerprint density at radius 1 is 0.800 bits per heavy atom. The highest BCUT2D eigenvalue weighted by molar-refractivity contribution is 6.10. The van der Waals surface area contributed by atoms with Crippen LogP contribution in [0.1, 0.15) is 22.8 Å². The molecule has 3 aromatic carbocycles. The van der Waals surface area contributed by atoms with E-state index in [1.54, 1.807) is 60.5 Å². The summed E-state index contributed by atoms with van der Waals surface area (Å²) in [4.78, 5) is 39.7. The molecule has 0 fully saturated rings. The lowest BCUT2D eigenvalue weighted by Crippen LogP contribution is -2.38. The summed E-state index contributed by atoms with van der Waals surface area (Å²) in [5.74, 6) is -0.178. The van der Waals surface area contributed by atoms with Gasteiger partial charge in [-0.3, -0.25) is 19.3 Å². The molecule has 182 valence electrons. The molecule has 35 heavy (non-hydrogen) atoms. The molecule has 0 spiro atoms. The largest absolute Gasteiger partial charge is 0.497 e. The highest BCUT2D eigenvalue weighted by Gasteiger charge is 2.17. The quantitative estimate of drug-likeness (QED) is 0.410. The summed E-state index contributed by atoms with van der Waals surface area (Å²) in [6.45, 7) is 4.36. The molecule has 3 N–H and O–H groups in total. The fourth-order valence-electron chi connectivity index (χ4n) is 3.46. The first-order chi connectivity index (χ1) is 16.9. The molecule has 3 aromatic rings. The van der Waals surface area contributed by atoms with E-state index in [0.29, 0.717) is 34.9 Å². The molecule has 0 bridgehead atoms. The number of amides is 3. The molecule has 0 unspecified atom stereocenters. The Kier molecular flexibility index (Phi) is 8.97. The summed E-state index contributed by atoms with van der Waals surface area (Å²) in [6.07, 6.45) is 0. The minimum atomic E-state index is -0.322. The van der Waals surface area contributed by atoms with E-state index in [1.807, 2.05) is 38.1 Å². The standard InChI is InChI=1S/C27H30N4O4/c1-4-31(17-25(32)28-20-12-14-22(35-3)15-13-20)18-26(33)30-24-11-6-5-10-23(24)27(34)29-21-9-7-8-19(2)16-21/h5-16H,4,17-18H2,1-3H3,(H,28,32)(H,29,34)(H,30,33). The Hall–Kier alpha value is -4.17. The van der Waals surface area contributed by atoms with Gasteiger partial charge in [-0.2, -0.15) is 0 Å². The molecule has 0 aliphatic carbocycles. The van der Waals surface area contributed by atoms with Gasteiger partial charge >= 0.3 is 0 Å². The lowest BCUT2D eigenvalue weighted by atomic mass is 10.1. The second-order valence-electron chi connectivity index (χ2n) is 8.00. The number of hydrogen-bond acceptors (Lipinski definition) is 5. The number of carbonyl (C=O) groups excluding carboxylic acids is 3. The number of hydrogen-bond donors (Lipinski definition) is 3. The average Bonchev–Trinajstić information content (AvgIpc) is 2.84. The van der Waals surface area contributed by atoms with E-state index in [2.05, 4.69) is 16.0 Å². The van der Waals surface area contributed by atoms with Gasteiger partial charge in [-0.25, -0.2) is 0 Å². The first kappa shape index (κ1) is 25.5. The Balaban J connectivity index is 1.58. The van der Waals surface area contributed by atoms with E-state index in [9.17, 15) is 14.4 Å². The fraction of sp³-hybridized carbons (Fsp3) is 0.222. The second kappa shape index (κ2) is 12.3. The molecule has 0 radical (unpaired) electrons. The minimum absolute atomic E-state index is 0.000363. The number of nitrogens with zero attached hydrogens (tertiary/aromatic N) is 1. The summed E-state index contributed by atoms with van der Waals surface area (Å²) in [5, 5.41) is 8.47. The van der Waals surface area contributed by atoms with Crippen LogP contribution in [-0.4, -0.2) is 49.4 Å². The van der Waals surface area contributed by atoms with E-state index in [-0.39, 0.29) is 30.8 Å². The smallest absolute Gasteiger partial charge is 0.257 e. The molecule has 0 atom stereocenters. The van der Waals surface area contributed by atoms with Crippen LogP contribution >= 0.6 is 0 Å². The number of methoxy groups -OCH3 is 1. The topological polar surface area (TPSA) is 99.8 Å². The number of para-hydroxylation sites is 1. The van der Waals surface area contributed by atoms with Crippen LogP contribution in [0.15, 0.2) is 72.8 Å². The number of anilines is 3. The van der Waals surface area contributed by atoms with Gasteiger partial charge < -0.3 is 20.7 Å². The summed E-state index contributed by atoms with van der Waals surface area (Å²) in [7, 11) is 1.58. The van der Waals surface area contributed by atoms with Gasteiger partial charge in [-0.05, 0) is 67.6 Å². The van der Waals surface area contributed by atoms with E-state index in [0.717, 1.165) is 5.56 Å². The van der Waals surface area contributed by atoms with Crippen LogP contribution < -0.4 is 20.7 Å². The Labute approximate surface area is 205 Å². The van der Waals surface area contributed by atoms with Crippen LogP contribution in [0.4, 0.5) is 17.1 Å². The van der Waals surface area contributed by atoms with Crippen molar-refractivity contribution >= 4 is 34.8 Å². The van der Waals surface area contributed by atoms with Crippen molar-refractivity contribution in [3.63, 3.8) is 0 Å². The monoisotopic (exact) mass is 474 g/mol. The first-order valence-corrected chi connectivity index (χ1v) is 11.3. The van der Waals surface area contributed by atoms with Crippen molar-refractivity contribution in [3.05, 3.63) is 83.9 Å². The predicted octanol–water partition coefficient (Wildman–Crippen LogP) is 4.16. The van der Waals surface area contributed by atoms with Crippen molar-refractivity contribution in [1.82, 2.24) is 4.90 Å². The molecule has 0 saturated carbocycles. The zero-order valence-corrected chi connectivity index (χ0v) is 20.1.